The Labute approximate surface area is 164 Å². The fourth-order valence-corrected chi connectivity index (χ4v) is 3.28. The van der Waals surface area contributed by atoms with Crippen LogP contribution in [0.3, 0.4) is 0 Å². The lowest BCUT2D eigenvalue weighted by Gasteiger charge is -2.33. The minimum atomic E-state index is -0.155. The summed E-state index contributed by atoms with van der Waals surface area (Å²) in [7, 11) is 3.21. The molecule has 28 heavy (non-hydrogen) atoms. The molecule has 0 radical (unpaired) electrons. The van der Waals surface area contributed by atoms with Crippen molar-refractivity contribution in [2.45, 2.75) is 12.8 Å². The molecule has 3 rings (SSSR count). The van der Waals surface area contributed by atoms with Gasteiger partial charge in [-0.05, 0) is 25.0 Å². The van der Waals surface area contributed by atoms with Gasteiger partial charge in [-0.2, -0.15) is 5.10 Å². The van der Waals surface area contributed by atoms with Crippen LogP contribution < -0.4 is 25.2 Å². The lowest BCUT2D eigenvalue weighted by molar-refractivity contribution is -0.125. The Morgan fingerprint density at radius 3 is 2.86 bits per heavy atom. The molecule has 0 bridgehead atoms. The second kappa shape index (κ2) is 9.25. The average Bonchev–Trinajstić information content (AvgIpc) is 2.73. The van der Waals surface area contributed by atoms with Gasteiger partial charge in [-0.1, -0.05) is 12.1 Å². The van der Waals surface area contributed by atoms with Gasteiger partial charge in [0.05, 0.1) is 31.5 Å². The van der Waals surface area contributed by atoms with Crippen LogP contribution in [-0.4, -0.2) is 49.0 Å². The van der Waals surface area contributed by atoms with Gasteiger partial charge in [0.1, 0.15) is 6.61 Å². The maximum atomic E-state index is 12.5. The predicted octanol–water partition coefficient (Wildman–Crippen LogP) is 1.20. The number of methoxy groups -OCH3 is 1. The van der Waals surface area contributed by atoms with Crippen LogP contribution in [0.25, 0.3) is 0 Å². The maximum Gasteiger partial charge on any atom is 0.268 e. The third-order valence-corrected chi connectivity index (χ3v) is 4.84. The molecule has 1 aliphatic heterocycles. The number of carbonyl (C=O) groups excluding carboxylic acids is 1. The number of rotatable bonds is 7. The standard InChI is InChI=1S/C20H26N4O4/c1-23-19(25)12-16(13-22-23)24-10-5-6-15(14-24)20(26)21-9-11-28-18-8-4-3-7-17(18)27-2/h3-4,7-8,12-13,15H,5-6,9-11,14H2,1-2H3,(H,21,26)/t15-/m1/s1. The first-order valence-electron chi connectivity index (χ1n) is 9.40. The second-order valence-corrected chi connectivity index (χ2v) is 6.75. The Hall–Kier alpha value is -3.03. The van der Waals surface area contributed by atoms with Gasteiger partial charge in [-0.15, -0.1) is 0 Å². The maximum absolute atomic E-state index is 12.5. The molecular formula is C20H26N4O4. The fraction of sp³-hybridized carbons (Fsp3) is 0.450. The van der Waals surface area contributed by atoms with Crippen molar-refractivity contribution in [3.63, 3.8) is 0 Å². The highest BCUT2D eigenvalue weighted by Gasteiger charge is 2.26. The van der Waals surface area contributed by atoms with E-state index in [0.717, 1.165) is 25.1 Å². The number of aryl methyl sites for hydroxylation is 1. The Bertz CT molecular complexity index is 867. The summed E-state index contributed by atoms with van der Waals surface area (Å²) in [5.41, 5.74) is 0.609. The minimum Gasteiger partial charge on any atom is -0.493 e. The van der Waals surface area contributed by atoms with E-state index < -0.39 is 0 Å². The number of piperidine rings is 1. The molecule has 0 spiro atoms. The van der Waals surface area contributed by atoms with Crippen molar-refractivity contribution in [3.05, 3.63) is 46.9 Å². The number of anilines is 1. The third-order valence-electron chi connectivity index (χ3n) is 4.84. The SMILES string of the molecule is COc1ccccc1OCCNC(=O)[C@@H]1CCCN(c2cnn(C)c(=O)c2)C1. The molecule has 2 heterocycles. The Kier molecular flexibility index (Phi) is 6.52. The Morgan fingerprint density at radius 2 is 2.11 bits per heavy atom. The van der Waals surface area contributed by atoms with Gasteiger partial charge in [0, 0.05) is 26.2 Å². The van der Waals surface area contributed by atoms with E-state index in [1.54, 1.807) is 26.4 Å². The van der Waals surface area contributed by atoms with Gasteiger partial charge in [-0.3, -0.25) is 9.59 Å². The molecule has 1 atom stereocenters. The summed E-state index contributed by atoms with van der Waals surface area (Å²) in [6.45, 7) is 2.17. The highest BCUT2D eigenvalue weighted by atomic mass is 16.5. The van der Waals surface area contributed by atoms with E-state index in [1.807, 2.05) is 29.2 Å². The molecule has 1 saturated heterocycles. The first-order valence-corrected chi connectivity index (χ1v) is 9.40. The van der Waals surface area contributed by atoms with Gasteiger partial charge in [-0.25, -0.2) is 4.68 Å². The second-order valence-electron chi connectivity index (χ2n) is 6.75. The van der Waals surface area contributed by atoms with Gasteiger partial charge < -0.3 is 19.7 Å². The molecular weight excluding hydrogens is 360 g/mol. The van der Waals surface area contributed by atoms with Crippen molar-refractivity contribution >= 4 is 11.6 Å². The fourth-order valence-electron chi connectivity index (χ4n) is 3.28. The smallest absolute Gasteiger partial charge is 0.268 e. The summed E-state index contributed by atoms with van der Waals surface area (Å²) < 4.78 is 12.2. The molecule has 2 aromatic rings. The molecule has 1 N–H and O–H groups in total. The van der Waals surface area contributed by atoms with Gasteiger partial charge >= 0.3 is 0 Å². The normalized spacial score (nSPS) is 16.5. The van der Waals surface area contributed by atoms with Crippen LogP contribution in [0, 0.1) is 5.92 Å². The lowest BCUT2D eigenvalue weighted by atomic mass is 9.97. The monoisotopic (exact) mass is 386 g/mol. The molecule has 1 aromatic carbocycles. The van der Waals surface area contributed by atoms with Crippen LogP contribution in [0.2, 0.25) is 0 Å². The Morgan fingerprint density at radius 1 is 1.32 bits per heavy atom. The van der Waals surface area contributed by atoms with E-state index >= 15 is 0 Å². The molecule has 1 amide bonds. The van der Waals surface area contributed by atoms with Crippen molar-refractivity contribution in [2.24, 2.45) is 13.0 Å². The average molecular weight is 386 g/mol. The Balaban J connectivity index is 1.48. The van der Waals surface area contributed by atoms with Crippen molar-refractivity contribution in [1.29, 1.82) is 0 Å². The van der Waals surface area contributed by atoms with Gasteiger partial charge in [0.25, 0.3) is 5.56 Å². The predicted molar refractivity (Wildman–Crippen MR) is 106 cm³/mol. The molecule has 0 saturated carbocycles. The number of ether oxygens (including phenoxy) is 2. The lowest BCUT2D eigenvalue weighted by Crippen LogP contribution is -2.44. The zero-order valence-electron chi connectivity index (χ0n) is 16.3. The summed E-state index contributed by atoms with van der Waals surface area (Å²) in [5, 5.41) is 7.00. The number of nitrogens with zero attached hydrogens (tertiary/aromatic N) is 3. The van der Waals surface area contributed by atoms with E-state index in [-0.39, 0.29) is 17.4 Å². The van der Waals surface area contributed by atoms with E-state index in [4.69, 9.17) is 9.47 Å². The summed E-state index contributed by atoms with van der Waals surface area (Å²) in [6.07, 6.45) is 3.39. The topological polar surface area (TPSA) is 85.7 Å². The van der Waals surface area contributed by atoms with Gasteiger partial charge in [0.2, 0.25) is 5.91 Å². The van der Waals surface area contributed by atoms with Crippen molar-refractivity contribution in [1.82, 2.24) is 15.1 Å². The van der Waals surface area contributed by atoms with E-state index in [0.29, 0.717) is 31.2 Å². The molecule has 0 aliphatic carbocycles. The molecule has 1 aromatic heterocycles. The number of hydrogen-bond donors (Lipinski definition) is 1. The quantitative estimate of drug-likeness (QED) is 0.720. The zero-order chi connectivity index (χ0) is 19.9. The summed E-state index contributed by atoms with van der Waals surface area (Å²) >= 11 is 0. The van der Waals surface area contributed by atoms with Crippen LogP contribution in [0.1, 0.15) is 12.8 Å². The molecule has 8 heteroatoms. The van der Waals surface area contributed by atoms with Gasteiger partial charge in [0.15, 0.2) is 11.5 Å². The summed E-state index contributed by atoms with van der Waals surface area (Å²) in [6, 6.07) is 8.97. The van der Waals surface area contributed by atoms with Crippen LogP contribution >= 0.6 is 0 Å². The van der Waals surface area contributed by atoms with Crippen molar-refractivity contribution in [3.8, 4) is 11.5 Å². The van der Waals surface area contributed by atoms with E-state index in [1.165, 1.54) is 4.68 Å². The number of nitrogens with one attached hydrogen (secondary N) is 1. The highest BCUT2D eigenvalue weighted by molar-refractivity contribution is 5.79. The number of hydrogen-bond acceptors (Lipinski definition) is 6. The molecule has 1 aliphatic rings. The number of aromatic nitrogens is 2. The summed E-state index contributed by atoms with van der Waals surface area (Å²) in [4.78, 5) is 26.4. The molecule has 1 fully saturated rings. The summed E-state index contributed by atoms with van der Waals surface area (Å²) in [5.74, 6) is 1.20. The van der Waals surface area contributed by atoms with Crippen LogP contribution in [0.4, 0.5) is 5.69 Å². The van der Waals surface area contributed by atoms with Crippen LogP contribution in [-0.2, 0) is 11.8 Å². The van der Waals surface area contributed by atoms with Crippen LogP contribution in [0.15, 0.2) is 41.3 Å². The third kappa shape index (κ3) is 4.82. The number of amides is 1. The number of benzene rings is 1. The number of para-hydroxylation sites is 2. The number of carbonyl (C=O) groups is 1. The van der Waals surface area contributed by atoms with Crippen molar-refractivity contribution < 1.29 is 14.3 Å². The van der Waals surface area contributed by atoms with Crippen LogP contribution in [0.5, 0.6) is 11.5 Å². The first kappa shape index (κ1) is 19.7. The minimum absolute atomic E-state index is 0.00474. The van der Waals surface area contributed by atoms with E-state index in [9.17, 15) is 9.59 Å². The first-order chi connectivity index (χ1) is 13.6. The van der Waals surface area contributed by atoms with E-state index in [2.05, 4.69) is 10.4 Å². The van der Waals surface area contributed by atoms with Crippen molar-refractivity contribution in [2.75, 3.05) is 38.3 Å². The zero-order valence-corrected chi connectivity index (χ0v) is 16.3. The molecule has 8 nitrogen and oxygen atoms in total. The highest BCUT2D eigenvalue weighted by Crippen LogP contribution is 2.25. The molecule has 0 unspecified atom stereocenters. The molecule has 150 valence electrons. The largest absolute Gasteiger partial charge is 0.493 e.